The maximum atomic E-state index is 11.5. The molecule has 0 aliphatic carbocycles. The van der Waals surface area contributed by atoms with Gasteiger partial charge in [0.1, 0.15) is 6.61 Å². The summed E-state index contributed by atoms with van der Waals surface area (Å²) < 4.78 is 5.09. The Kier molecular flexibility index (Phi) is 4.90. The van der Waals surface area contributed by atoms with Crippen LogP contribution in [0.3, 0.4) is 0 Å². The number of nitrogens with zero attached hydrogens (tertiary/aromatic N) is 1. The van der Waals surface area contributed by atoms with Gasteiger partial charge in [0.25, 0.3) is 0 Å². The number of hydrogen-bond donors (Lipinski definition) is 1. The number of carbonyl (C=O) groups excluding carboxylic acids is 1. The van der Waals surface area contributed by atoms with E-state index in [4.69, 9.17) is 10.5 Å². The number of hydrogen-bond acceptors (Lipinski definition) is 3. The van der Waals surface area contributed by atoms with Gasteiger partial charge in [-0.1, -0.05) is 0 Å². The molecule has 0 aromatic rings. The topological polar surface area (TPSA) is 55.6 Å². The van der Waals surface area contributed by atoms with Crippen molar-refractivity contribution in [1.82, 2.24) is 4.90 Å². The predicted molar refractivity (Wildman–Crippen MR) is 54.9 cm³/mol. The molecule has 4 nitrogen and oxygen atoms in total. The zero-order valence-electron chi connectivity index (χ0n) is 8.87. The zero-order chi connectivity index (χ0) is 10.4. The first-order valence-electron chi connectivity index (χ1n) is 5.33. The van der Waals surface area contributed by atoms with E-state index in [0.717, 1.165) is 32.5 Å². The van der Waals surface area contributed by atoms with Crippen LogP contribution in [0, 0.1) is 5.92 Å². The average Bonchev–Trinajstić information content (AvgIpc) is 2.63. The quantitative estimate of drug-likeness (QED) is 0.690. The van der Waals surface area contributed by atoms with Crippen molar-refractivity contribution in [3.8, 4) is 0 Å². The molecule has 82 valence electrons. The van der Waals surface area contributed by atoms with Gasteiger partial charge in [-0.25, -0.2) is 0 Å². The summed E-state index contributed by atoms with van der Waals surface area (Å²) in [5.74, 6) is 0.719. The number of carbonyl (C=O) groups is 1. The van der Waals surface area contributed by atoms with Gasteiger partial charge in [-0.2, -0.15) is 0 Å². The third-order valence-electron chi connectivity index (χ3n) is 2.64. The molecule has 1 saturated heterocycles. The molecule has 0 bridgehead atoms. The Morgan fingerprint density at radius 1 is 1.64 bits per heavy atom. The molecule has 1 aliphatic rings. The highest BCUT2D eigenvalue weighted by Crippen LogP contribution is 2.18. The van der Waals surface area contributed by atoms with E-state index in [1.807, 2.05) is 11.8 Å². The second-order valence-electron chi connectivity index (χ2n) is 3.71. The second kappa shape index (κ2) is 5.98. The largest absolute Gasteiger partial charge is 0.372 e. The van der Waals surface area contributed by atoms with Gasteiger partial charge in [0, 0.05) is 19.7 Å². The van der Waals surface area contributed by atoms with Gasteiger partial charge in [-0.3, -0.25) is 4.79 Å². The molecule has 1 rings (SSSR count). The summed E-state index contributed by atoms with van der Waals surface area (Å²) in [5, 5.41) is 0. The Morgan fingerprint density at radius 2 is 2.43 bits per heavy atom. The number of amides is 1. The van der Waals surface area contributed by atoms with Crippen molar-refractivity contribution in [2.24, 2.45) is 11.7 Å². The Hall–Kier alpha value is -0.610. The SMILES string of the molecule is CCOCC(=O)N1CCC(CCN)C1. The number of ether oxygens (including phenoxy) is 1. The minimum atomic E-state index is 0.117. The smallest absolute Gasteiger partial charge is 0.248 e. The maximum Gasteiger partial charge on any atom is 0.248 e. The average molecular weight is 200 g/mol. The van der Waals surface area contributed by atoms with Crippen LogP contribution in [0.2, 0.25) is 0 Å². The van der Waals surface area contributed by atoms with Crippen LogP contribution < -0.4 is 5.73 Å². The van der Waals surface area contributed by atoms with Crippen molar-refractivity contribution >= 4 is 5.91 Å². The van der Waals surface area contributed by atoms with Gasteiger partial charge in [0.05, 0.1) is 0 Å². The summed E-state index contributed by atoms with van der Waals surface area (Å²) in [6.45, 7) is 5.18. The van der Waals surface area contributed by atoms with Crippen LogP contribution in [0.15, 0.2) is 0 Å². The summed E-state index contributed by atoms with van der Waals surface area (Å²) in [7, 11) is 0. The number of nitrogens with two attached hydrogens (primary N) is 1. The van der Waals surface area contributed by atoms with E-state index < -0.39 is 0 Å². The van der Waals surface area contributed by atoms with Crippen molar-refractivity contribution in [3.63, 3.8) is 0 Å². The summed E-state index contributed by atoms with van der Waals surface area (Å²) in [6, 6.07) is 0. The molecule has 0 aromatic carbocycles. The number of likely N-dealkylation sites (tertiary alicyclic amines) is 1. The van der Waals surface area contributed by atoms with Crippen molar-refractivity contribution in [2.45, 2.75) is 19.8 Å². The molecular weight excluding hydrogens is 180 g/mol. The molecule has 0 saturated carbocycles. The van der Waals surface area contributed by atoms with Gasteiger partial charge in [0.2, 0.25) is 5.91 Å². The summed E-state index contributed by atoms with van der Waals surface area (Å²) in [4.78, 5) is 13.4. The van der Waals surface area contributed by atoms with Crippen molar-refractivity contribution in [1.29, 1.82) is 0 Å². The minimum absolute atomic E-state index is 0.117. The third kappa shape index (κ3) is 3.27. The molecule has 2 N–H and O–H groups in total. The second-order valence-corrected chi connectivity index (χ2v) is 3.71. The van der Waals surface area contributed by atoms with Crippen LogP contribution in [-0.2, 0) is 9.53 Å². The first kappa shape index (κ1) is 11.5. The van der Waals surface area contributed by atoms with E-state index in [2.05, 4.69) is 0 Å². The van der Waals surface area contributed by atoms with E-state index in [1.54, 1.807) is 0 Å². The summed E-state index contributed by atoms with van der Waals surface area (Å²) >= 11 is 0. The van der Waals surface area contributed by atoms with Gasteiger partial charge < -0.3 is 15.4 Å². The monoisotopic (exact) mass is 200 g/mol. The highest BCUT2D eigenvalue weighted by atomic mass is 16.5. The lowest BCUT2D eigenvalue weighted by Crippen LogP contribution is -2.32. The predicted octanol–water partition coefficient (Wildman–Crippen LogP) is 0.220. The van der Waals surface area contributed by atoms with Crippen LogP contribution in [0.1, 0.15) is 19.8 Å². The normalized spacial score (nSPS) is 21.6. The van der Waals surface area contributed by atoms with Gasteiger partial charge in [-0.05, 0) is 32.2 Å². The molecule has 0 radical (unpaired) electrons. The van der Waals surface area contributed by atoms with Gasteiger partial charge >= 0.3 is 0 Å². The minimum Gasteiger partial charge on any atom is -0.372 e. The molecule has 0 aromatic heterocycles. The highest BCUT2D eigenvalue weighted by molar-refractivity contribution is 5.77. The molecular formula is C10H20N2O2. The van der Waals surface area contributed by atoms with Crippen molar-refractivity contribution in [3.05, 3.63) is 0 Å². The molecule has 1 atom stereocenters. The molecule has 1 aliphatic heterocycles. The van der Waals surface area contributed by atoms with E-state index >= 15 is 0 Å². The lowest BCUT2D eigenvalue weighted by atomic mass is 10.1. The first-order valence-corrected chi connectivity index (χ1v) is 5.33. The van der Waals surface area contributed by atoms with Crippen LogP contribution in [0.4, 0.5) is 0 Å². The van der Waals surface area contributed by atoms with E-state index in [1.165, 1.54) is 0 Å². The van der Waals surface area contributed by atoms with Gasteiger partial charge in [0.15, 0.2) is 0 Å². The fraction of sp³-hybridized carbons (Fsp3) is 0.900. The fourth-order valence-electron chi connectivity index (χ4n) is 1.81. The van der Waals surface area contributed by atoms with Crippen LogP contribution in [0.25, 0.3) is 0 Å². The summed E-state index contributed by atoms with van der Waals surface area (Å²) in [6.07, 6.45) is 2.12. The lowest BCUT2D eigenvalue weighted by molar-refractivity contribution is -0.135. The Bertz CT molecular complexity index is 185. The fourth-order valence-corrected chi connectivity index (χ4v) is 1.81. The Morgan fingerprint density at radius 3 is 3.07 bits per heavy atom. The molecule has 1 amide bonds. The standard InChI is InChI=1S/C10H20N2O2/c1-2-14-8-10(13)12-6-4-9(7-12)3-5-11/h9H,2-8,11H2,1H3. The van der Waals surface area contributed by atoms with Gasteiger partial charge in [-0.15, -0.1) is 0 Å². The molecule has 4 heteroatoms. The zero-order valence-corrected chi connectivity index (χ0v) is 8.87. The van der Waals surface area contributed by atoms with Crippen molar-refractivity contribution < 1.29 is 9.53 Å². The number of rotatable bonds is 5. The molecule has 14 heavy (non-hydrogen) atoms. The Balaban J connectivity index is 2.23. The van der Waals surface area contributed by atoms with E-state index in [9.17, 15) is 4.79 Å². The molecule has 0 spiro atoms. The van der Waals surface area contributed by atoms with Crippen molar-refractivity contribution in [2.75, 3.05) is 32.8 Å². The summed E-state index contributed by atoms with van der Waals surface area (Å²) in [5.41, 5.74) is 5.48. The van der Waals surface area contributed by atoms with E-state index in [0.29, 0.717) is 12.5 Å². The molecule has 1 heterocycles. The molecule has 1 fully saturated rings. The van der Waals surface area contributed by atoms with Crippen LogP contribution >= 0.6 is 0 Å². The first-order chi connectivity index (χ1) is 6.77. The third-order valence-corrected chi connectivity index (χ3v) is 2.64. The highest BCUT2D eigenvalue weighted by Gasteiger charge is 2.25. The molecule has 1 unspecified atom stereocenters. The van der Waals surface area contributed by atoms with Crippen LogP contribution in [-0.4, -0.2) is 43.7 Å². The van der Waals surface area contributed by atoms with Crippen LogP contribution in [0.5, 0.6) is 0 Å². The Labute approximate surface area is 85.4 Å². The van der Waals surface area contributed by atoms with E-state index in [-0.39, 0.29) is 12.5 Å². The maximum absolute atomic E-state index is 11.5. The lowest BCUT2D eigenvalue weighted by Gasteiger charge is -2.16.